The maximum Gasteiger partial charge on any atom is 0.238 e. The molecule has 0 N–H and O–H groups in total. The lowest BCUT2D eigenvalue weighted by molar-refractivity contribution is 0.927. The molecule has 0 unspecified atom stereocenters. The predicted octanol–water partition coefficient (Wildman–Crippen LogP) is 14.5. The van der Waals surface area contributed by atoms with Crippen LogP contribution in [0.4, 0.5) is 17.3 Å². The van der Waals surface area contributed by atoms with Gasteiger partial charge in [-0.3, -0.25) is 4.90 Å². The van der Waals surface area contributed by atoms with Gasteiger partial charge >= 0.3 is 0 Å². The SMILES string of the molecule is Cc1cc(C)c(C(c2c(C)cc(C)cc2C)c2ccc(N(c3ccc(-c4ccccc4)cc3)c3nc(-c4ccccc4)nc(-c4ccccc4)n3)c3ccccc23)c(C)c1. The number of hydrogen-bond acceptors (Lipinski definition) is 4. The van der Waals surface area contributed by atoms with Crippen molar-refractivity contribution < 1.29 is 0 Å². The van der Waals surface area contributed by atoms with Gasteiger partial charge in [0, 0.05) is 28.1 Å². The molecule has 8 aromatic carbocycles. The molecule has 1 heterocycles. The highest BCUT2D eigenvalue weighted by molar-refractivity contribution is 6.01. The Balaban J connectivity index is 1.32. The summed E-state index contributed by atoms with van der Waals surface area (Å²) in [6, 6.07) is 62.4. The fraction of sp³-hybridized carbons (Fsp3) is 0.125. The number of benzene rings is 8. The molecule has 1 aromatic heterocycles. The summed E-state index contributed by atoms with van der Waals surface area (Å²) in [6.07, 6.45) is 0. The summed E-state index contributed by atoms with van der Waals surface area (Å²) in [5, 5.41) is 2.30. The molecule has 0 aliphatic rings. The van der Waals surface area contributed by atoms with Gasteiger partial charge in [-0.2, -0.15) is 9.97 Å². The molecule has 0 saturated heterocycles. The zero-order valence-electron chi connectivity index (χ0n) is 35.1. The Hall–Kier alpha value is -7.17. The lowest BCUT2D eigenvalue weighted by Crippen LogP contribution is -2.17. The van der Waals surface area contributed by atoms with E-state index in [0.29, 0.717) is 17.6 Å². The van der Waals surface area contributed by atoms with Crippen molar-refractivity contribution >= 4 is 28.1 Å². The molecule has 0 aliphatic carbocycles. The first kappa shape index (κ1) is 38.4. The number of fused-ring (bicyclic) bond motifs is 1. The van der Waals surface area contributed by atoms with E-state index in [1.54, 1.807) is 0 Å². The lowest BCUT2D eigenvalue weighted by Gasteiger charge is -2.30. The zero-order chi connectivity index (χ0) is 41.3. The Bertz CT molecular complexity index is 2810. The van der Waals surface area contributed by atoms with Gasteiger partial charge in [-0.25, -0.2) is 4.98 Å². The van der Waals surface area contributed by atoms with E-state index in [-0.39, 0.29) is 5.92 Å². The summed E-state index contributed by atoms with van der Waals surface area (Å²) in [6.45, 7) is 13.5. The van der Waals surface area contributed by atoms with Crippen molar-refractivity contribution in [1.82, 2.24) is 15.0 Å². The first-order valence-electron chi connectivity index (χ1n) is 20.7. The van der Waals surface area contributed by atoms with Gasteiger partial charge in [0.15, 0.2) is 11.6 Å². The van der Waals surface area contributed by atoms with E-state index in [0.717, 1.165) is 39.0 Å². The van der Waals surface area contributed by atoms with E-state index < -0.39 is 0 Å². The van der Waals surface area contributed by atoms with Gasteiger partial charge in [-0.15, -0.1) is 0 Å². The maximum atomic E-state index is 5.29. The van der Waals surface area contributed by atoms with Crippen molar-refractivity contribution in [1.29, 1.82) is 0 Å². The van der Waals surface area contributed by atoms with Crippen LogP contribution in [0.5, 0.6) is 0 Å². The van der Waals surface area contributed by atoms with E-state index in [1.165, 1.54) is 55.5 Å². The first-order chi connectivity index (χ1) is 29.2. The van der Waals surface area contributed by atoms with Crippen LogP contribution < -0.4 is 4.90 Å². The van der Waals surface area contributed by atoms with Crippen LogP contribution in [0, 0.1) is 41.5 Å². The van der Waals surface area contributed by atoms with Crippen molar-refractivity contribution in [3.05, 3.63) is 226 Å². The Labute approximate surface area is 353 Å². The maximum absolute atomic E-state index is 5.29. The van der Waals surface area contributed by atoms with Crippen molar-refractivity contribution in [3.63, 3.8) is 0 Å². The molecule has 0 bridgehead atoms. The molecule has 9 aromatic rings. The number of aromatic nitrogens is 3. The van der Waals surface area contributed by atoms with Gasteiger partial charge in [0.25, 0.3) is 0 Å². The third-order valence-corrected chi connectivity index (χ3v) is 11.7. The normalized spacial score (nSPS) is 11.3. The highest BCUT2D eigenvalue weighted by Gasteiger charge is 2.28. The molecule has 0 radical (unpaired) electrons. The van der Waals surface area contributed by atoms with Crippen LogP contribution in [0.1, 0.15) is 56.0 Å². The Morgan fingerprint density at radius 1 is 0.383 bits per heavy atom. The summed E-state index contributed by atoms with van der Waals surface area (Å²) in [4.78, 5) is 17.8. The molecule has 0 atom stereocenters. The minimum Gasteiger partial charge on any atom is -0.278 e. The summed E-state index contributed by atoms with van der Waals surface area (Å²) < 4.78 is 0. The van der Waals surface area contributed by atoms with E-state index in [4.69, 9.17) is 15.0 Å². The quantitative estimate of drug-likeness (QED) is 0.137. The summed E-state index contributed by atoms with van der Waals surface area (Å²) in [5.74, 6) is 1.78. The molecule has 0 aliphatic heterocycles. The van der Waals surface area contributed by atoms with E-state index in [9.17, 15) is 0 Å². The number of anilines is 3. The van der Waals surface area contributed by atoms with Gasteiger partial charge < -0.3 is 0 Å². The predicted molar refractivity (Wildman–Crippen MR) is 251 cm³/mol. The Kier molecular flexibility index (Phi) is 10.4. The van der Waals surface area contributed by atoms with Gasteiger partial charge in [0.2, 0.25) is 5.95 Å². The minimum absolute atomic E-state index is 0.00953. The van der Waals surface area contributed by atoms with E-state index >= 15 is 0 Å². The number of hydrogen-bond donors (Lipinski definition) is 0. The second-order valence-corrected chi connectivity index (χ2v) is 16.0. The lowest BCUT2D eigenvalue weighted by atomic mass is 9.75. The minimum atomic E-state index is 0.00953. The molecule has 0 saturated carbocycles. The first-order valence-corrected chi connectivity index (χ1v) is 20.7. The van der Waals surface area contributed by atoms with Gasteiger partial charge in [-0.1, -0.05) is 169 Å². The van der Waals surface area contributed by atoms with E-state index in [2.05, 4.69) is 186 Å². The van der Waals surface area contributed by atoms with Gasteiger partial charge in [0.05, 0.1) is 5.69 Å². The fourth-order valence-electron chi connectivity index (χ4n) is 9.19. The highest BCUT2D eigenvalue weighted by atomic mass is 15.3. The van der Waals surface area contributed by atoms with Crippen molar-refractivity contribution in [2.75, 3.05) is 4.90 Å². The smallest absolute Gasteiger partial charge is 0.238 e. The molecular formula is C56H48N4. The van der Waals surface area contributed by atoms with Crippen molar-refractivity contribution in [2.24, 2.45) is 0 Å². The molecule has 292 valence electrons. The third kappa shape index (κ3) is 7.37. The second-order valence-electron chi connectivity index (χ2n) is 16.0. The average molecular weight is 777 g/mol. The van der Waals surface area contributed by atoms with Crippen LogP contribution in [0.25, 0.3) is 44.7 Å². The largest absolute Gasteiger partial charge is 0.278 e. The van der Waals surface area contributed by atoms with Crippen molar-refractivity contribution in [3.8, 4) is 33.9 Å². The van der Waals surface area contributed by atoms with Crippen LogP contribution in [0.2, 0.25) is 0 Å². The Morgan fingerprint density at radius 2 is 0.800 bits per heavy atom. The standard InChI is InChI=1S/C56H48N4/c1-36-32-38(3)51(39(4)33-36)53(52-40(5)34-37(2)35-41(52)6)49-30-31-50(48-25-17-16-24-47(48)49)60(46-28-26-43(27-29-46)42-18-10-7-11-19-42)56-58-54(44-20-12-8-13-21-44)57-55(59-56)45-22-14-9-15-23-45/h7-35,53H,1-6H3. The molecule has 4 nitrogen and oxygen atoms in total. The average Bonchev–Trinajstić information content (AvgIpc) is 3.26. The van der Waals surface area contributed by atoms with Gasteiger partial charge in [-0.05, 0) is 115 Å². The van der Waals surface area contributed by atoms with Crippen LogP contribution in [0.15, 0.2) is 176 Å². The third-order valence-electron chi connectivity index (χ3n) is 11.7. The zero-order valence-corrected chi connectivity index (χ0v) is 35.1. The molecule has 0 amide bonds. The second kappa shape index (κ2) is 16.2. The molecule has 9 rings (SSSR count). The summed E-state index contributed by atoms with van der Waals surface area (Å²) in [7, 11) is 0. The van der Waals surface area contributed by atoms with Crippen LogP contribution >= 0.6 is 0 Å². The molecule has 4 heteroatoms. The number of nitrogens with zero attached hydrogens (tertiary/aromatic N) is 4. The topological polar surface area (TPSA) is 41.9 Å². The molecule has 60 heavy (non-hydrogen) atoms. The molecular weight excluding hydrogens is 729 g/mol. The molecule has 0 fully saturated rings. The summed E-state index contributed by atoms with van der Waals surface area (Å²) >= 11 is 0. The highest BCUT2D eigenvalue weighted by Crippen LogP contribution is 2.46. The Morgan fingerprint density at radius 3 is 1.28 bits per heavy atom. The van der Waals surface area contributed by atoms with Crippen LogP contribution in [-0.2, 0) is 0 Å². The summed E-state index contributed by atoms with van der Waals surface area (Å²) in [5.41, 5.74) is 17.8. The van der Waals surface area contributed by atoms with Gasteiger partial charge in [0.1, 0.15) is 0 Å². The number of rotatable bonds is 9. The monoisotopic (exact) mass is 776 g/mol. The fourth-order valence-corrected chi connectivity index (χ4v) is 9.19. The van der Waals surface area contributed by atoms with Crippen molar-refractivity contribution in [2.45, 2.75) is 47.5 Å². The molecule has 0 spiro atoms. The van der Waals surface area contributed by atoms with Crippen LogP contribution in [-0.4, -0.2) is 15.0 Å². The number of aryl methyl sites for hydroxylation is 6. The van der Waals surface area contributed by atoms with Crippen LogP contribution in [0.3, 0.4) is 0 Å². The van der Waals surface area contributed by atoms with E-state index in [1.807, 2.05) is 36.4 Å².